The molecule has 0 saturated carbocycles. The van der Waals surface area contributed by atoms with Gasteiger partial charge in [0, 0.05) is 23.3 Å². The summed E-state index contributed by atoms with van der Waals surface area (Å²) in [6.07, 6.45) is 1.01. The first-order valence-electron chi connectivity index (χ1n) is 7.63. The number of nitrogen functional groups attached to an aromatic ring is 1. The van der Waals surface area contributed by atoms with E-state index >= 15 is 0 Å². The second-order valence-electron chi connectivity index (χ2n) is 6.50. The predicted molar refractivity (Wildman–Crippen MR) is 92.3 cm³/mol. The first kappa shape index (κ1) is 15.6. The lowest BCUT2D eigenvalue weighted by Gasteiger charge is -2.23. The molecule has 0 unspecified atom stereocenters. The Labute approximate surface area is 128 Å². The molecule has 0 bridgehead atoms. The van der Waals surface area contributed by atoms with Crippen LogP contribution in [0, 0.1) is 0 Å². The van der Waals surface area contributed by atoms with Gasteiger partial charge in [-0.15, -0.1) is 0 Å². The van der Waals surface area contributed by atoms with Gasteiger partial charge in [0.2, 0.25) is 0 Å². The highest BCUT2D eigenvalue weighted by molar-refractivity contribution is 5.81. The van der Waals surface area contributed by atoms with Crippen molar-refractivity contribution >= 4 is 5.69 Å². The third kappa shape index (κ3) is 3.85. The third-order valence-corrected chi connectivity index (χ3v) is 3.66. The average molecular weight is 282 g/mol. The van der Waals surface area contributed by atoms with Gasteiger partial charge in [0.05, 0.1) is 0 Å². The second kappa shape index (κ2) is 6.31. The van der Waals surface area contributed by atoms with Gasteiger partial charge in [-0.2, -0.15) is 0 Å². The third-order valence-electron chi connectivity index (χ3n) is 3.66. The minimum absolute atomic E-state index is 0.0894. The summed E-state index contributed by atoms with van der Waals surface area (Å²) in [7, 11) is 0. The van der Waals surface area contributed by atoms with Crippen molar-refractivity contribution in [3.63, 3.8) is 0 Å². The number of nitrogens with one attached hydrogen (secondary N) is 1. The quantitative estimate of drug-likeness (QED) is 0.816. The van der Waals surface area contributed by atoms with Crippen LogP contribution in [-0.4, -0.2) is 5.54 Å². The Balaban J connectivity index is 2.47. The molecule has 0 aliphatic heterocycles. The molecule has 0 spiro atoms. The molecule has 0 atom stereocenters. The van der Waals surface area contributed by atoms with Gasteiger partial charge in [-0.1, -0.05) is 43.3 Å². The Morgan fingerprint density at radius 3 is 2.29 bits per heavy atom. The molecule has 0 amide bonds. The number of hydrogen-bond donors (Lipinski definition) is 2. The smallest absolute Gasteiger partial charge is 0.0397 e. The standard InChI is InChI=1S/C19H26N2/c1-5-14-9-6-7-11-16(14)18-15(10-8-12-17(18)20)13-21-19(2,3)4/h6-12,21H,5,13,20H2,1-4H3. The molecule has 2 nitrogen and oxygen atoms in total. The van der Waals surface area contributed by atoms with E-state index < -0.39 is 0 Å². The molecule has 0 saturated heterocycles. The fourth-order valence-corrected chi connectivity index (χ4v) is 2.53. The Kier molecular flexibility index (Phi) is 4.69. The van der Waals surface area contributed by atoms with Crippen LogP contribution in [-0.2, 0) is 13.0 Å². The summed E-state index contributed by atoms with van der Waals surface area (Å²) >= 11 is 0. The summed E-state index contributed by atoms with van der Waals surface area (Å²) in [5.41, 5.74) is 12.3. The van der Waals surface area contributed by atoms with Crippen molar-refractivity contribution in [1.82, 2.24) is 5.32 Å². The zero-order valence-corrected chi connectivity index (χ0v) is 13.5. The zero-order chi connectivity index (χ0) is 15.5. The number of anilines is 1. The lowest BCUT2D eigenvalue weighted by atomic mass is 9.92. The van der Waals surface area contributed by atoms with Crippen LogP contribution in [0.3, 0.4) is 0 Å². The first-order chi connectivity index (χ1) is 9.92. The number of rotatable bonds is 4. The van der Waals surface area contributed by atoms with Gasteiger partial charge in [-0.3, -0.25) is 0 Å². The molecule has 2 aromatic rings. The summed E-state index contributed by atoms with van der Waals surface area (Å²) in [4.78, 5) is 0. The summed E-state index contributed by atoms with van der Waals surface area (Å²) in [6, 6.07) is 14.7. The molecule has 2 rings (SSSR count). The normalized spacial score (nSPS) is 11.6. The monoisotopic (exact) mass is 282 g/mol. The topological polar surface area (TPSA) is 38.0 Å². The maximum atomic E-state index is 6.29. The largest absolute Gasteiger partial charge is 0.398 e. The van der Waals surface area contributed by atoms with Crippen LogP contribution in [0.5, 0.6) is 0 Å². The van der Waals surface area contributed by atoms with Crippen molar-refractivity contribution < 1.29 is 0 Å². The van der Waals surface area contributed by atoms with Gasteiger partial charge >= 0.3 is 0 Å². The summed E-state index contributed by atoms with van der Waals surface area (Å²) in [5, 5.41) is 3.56. The Hall–Kier alpha value is -1.80. The van der Waals surface area contributed by atoms with Crippen molar-refractivity contribution in [2.75, 3.05) is 5.73 Å². The van der Waals surface area contributed by atoms with Crippen molar-refractivity contribution in [3.8, 4) is 11.1 Å². The molecule has 0 aromatic heterocycles. The van der Waals surface area contributed by atoms with E-state index in [2.05, 4.69) is 63.3 Å². The predicted octanol–water partition coefficient (Wildman–Crippen LogP) is 4.39. The number of hydrogen-bond acceptors (Lipinski definition) is 2. The van der Waals surface area contributed by atoms with E-state index in [1.165, 1.54) is 22.3 Å². The Morgan fingerprint density at radius 2 is 1.62 bits per heavy atom. The molecule has 0 aliphatic carbocycles. The van der Waals surface area contributed by atoms with E-state index in [1.54, 1.807) is 0 Å². The van der Waals surface area contributed by atoms with Gasteiger partial charge in [0.15, 0.2) is 0 Å². The molecule has 0 fully saturated rings. The lowest BCUT2D eigenvalue weighted by molar-refractivity contribution is 0.424. The van der Waals surface area contributed by atoms with Gasteiger partial charge < -0.3 is 11.1 Å². The Bertz CT molecular complexity index is 609. The van der Waals surface area contributed by atoms with Crippen LogP contribution in [0.15, 0.2) is 42.5 Å². The zero-order valence-electron chi connectivity index (χ0n) is 13.5. The maximum absolute atomic E-state index is 6.29. The van der Waals surface area contributed by atoms with Crippen LogP contribution in [0.25, 0.3) is 11.1 Å². The van der Waals surface area contributed by atoms with Gasteiger partial charge in [-0.05, 0) is 49.9 Å². The van der Waals surface area contributed by atoms with Crippen LogP contribution >= 0.6 is 0 Å². The lowest BCUT2D eigenvalue weighted by Crippen LogP contribution is -2.35. The fourth-order valence-electron chi connectivity index (χ4n) is 2.53. The molecule has 3 N–H and O–H groups in total. The molecule has 0 aliphatic rings. The fraction of sp³-hybridized carbons (Fsp3) is 0.368. The van der Waals surface area contributed by atoms with Crippen LogP contribution in [0.2, 0.25) is 0 Å². The SMILES string of the molecule is CCc1ccccc1-c1c(N)cccc1CNC(C)(C)C. The molecule has 2 aromatic carbocycles. The van der Waals surface area contributed by atoms with Crippen molar-refractivity contribution in [2.45, 2.75) is 46.2 Å². The first-order valence-corrected chi connectivity index (χ1v) is 7.63. The molecule has 2 heteroatoms. The molecule has 0 radical (unpaired) electrons. The number of aryl methyl sites for hydroxylation is 1. The van der Waals surface area contributed by atoms with E-state index in [9.17, 15) is 0 Å². The molecular formula is C19H26N2. The van der Waals surface area contributed by atoms with E-state index in [0.717, 1.165) is 18.7 Å². The molecule has 112 valence electrons. The van der Waals surface area contributed by atoms with Crippen LogP contribution < -0.4 is 11.1 Å². The van der Waals surface area contributed by atoms with Gasteiger partial charge in [0.25, 0.3) is 0 Å². The Morgan fingerprint density at radius 1 is 0.952 bits per heavy atom. The second-order valence-corrected chi connectivity index (χ2v) is 6.50. The molecular weight excluding hydrogens is 256 g/mol. The minimum atomic E-state index is 0.0894. The van der Waals surface area contributed by atoms with Crippen LogP contribution in [0.1, 0.15) is 38.8 Å². The maximum Gasteiger partial charge on any atom is 0.0397 e. The summed E-state index contributed by atoms with van der Waals surface area (Å²) in [5.74, 6) is 0. The van der Waals surface area contributed by atoms with Crippen LogP contribution in [0.4, 0.5) is 5.69 Å². The molecule has 0 heterocycles. The van der Waals surface area contributed by atoms with Crippen molar-refractivity contribution in [1.29, 1.82) is 0 Å². The van der Waals surface area contributed by atoms with E-state index in [1.807, 2.05) is 12.1 Å². The van der Waals surface area contributed by atoms with E-state index in [-0.39, 0.29) is 5.54 Å². The highest BCUT2D eigenvalue weighted by atomic mass is 14.9. The van der Waals surface area contributed by atoms with Crippen molar-refractivity contribution in [2.24, 2.45) is 0 Å². The highest BCUT2D eigenvalue weighted by Gasteiger charge is 2.14. The highest BCUT2D eigenvalue weighted by Crippen LogP contribution is 2.32. The van der Waals surface area contributed by atoms with Crippen molar-refractivity contribution in [3.05, 3.63) is 53.6 Å². The van der Waals surface area contributed by atoms with Gasteiger partial charge in [0.1, 0.15) is 0 Å². The number of benzene rings is 2. The van der Waals surface area contributed by atoms with E-state index in [4.69, 9.17) is 5.73 Å². The summed E-state index contributed by atoms with van der Waals surface area (Å²) < 4.78 is 0. The summed E-state index contributed by atoms with van der Waals surface area (Å²) in [6.45, 7) is 9.55. The molecule has 21 heavy (non-hydrogen) atoms. The average Bonchev–Trinajstić information content (AvgIpc) is 2.44. The number of nitrogens with two attached hydrogens (primary N) is 1. The minimum Gasteiger partial charge on any atom is -0.398 e. The van der Waals surface area contributed by atoms with Gasteiger partial charge in [-0.25, -0.2) is 0 Å². The van der Waals surface area contributed by atoms with E-state index in [0.29, 0.717) is 0 Å².